The van der Waals surface area contributed by atoms with Gasteiger partial charge in [0.2, 0.25) is 0 Å². The summed E-state index contributed by atoms with van der Waals surface area (Å²) in [5, 5.41) is 1.14. The van der Waals surface area contributed by atoms with Crippen molar-refractivity contribution in [2.45, 2.75) is 0 Å². The molecule has 1 aromatic heterocycles. The van der Waals surface area contributed by atoms with Gasteiger partial charge in [-0.15, -0.1) is 0 Å². The molecular formula is C9H5BrKNS2. The van der Waals surface area contributed by atoms with Crippen molar-refractivity contribution in [2.24, 2.45) is 0 Å². The largest absolute Gasteiger partial charge is 1.00 e. The van der Waals surface area contributed by atoms with E-state index in [1.807, 2.05) is 35.0 Å². The Balaban J connectivity index is 0.000000980. The van der Waals surface area contributed by atoms with Crippen molar-refractivity contribution in [1.82, 2.24) is 4.57 Å². The van der Waals surface area contributed by atoms with Crippen molar-refractivity contribution < 1.29 is 51.4 Å². The Bertz CT molecular complexity index is 481. The zero-order valence-electron chi connectivity index (χ0n) is 7.53. The fourth-order valence-corrected chi connectivity index (χ4v) is 1.97. The summed E-state index contributed by atoms with van der Waals surface area (Å²) in [5.74, 6) is 0. The fraction of sp³-hybridized carbons (Fsp3) is 0. The third-order valence-corrected chi connectivity index (χ3v) is 2.74. The van der Waals surface area contributed by atoms with E-state index < -0.39 is 0 Å². The molecule has 0 aliphatic rings. The normalized spacial score (nSPS) is 9.79. The first-order chi connectivity index (χ1) is 6.18. The molecule has 0 spiro atoms. The molecule has 0 saturated heterocycles. The number of fused-ring (bicyclic) bond motifs is 1. The number of aromatic nitrogens is 1. The van der Waals surface area contributed by atoms with Gasteiger partial charge >= 0.3 is 51.4 Å². The number of rotatable bonds is 0. The molecule has 0 atom stereocenters. The van der Waals surface area contributed by atoms with Crippen molar-refractivity contribution in [1.29, 1.82) is 0 Å². The Morgan fingerprint density at radius 2 is 2.07 bits per heavy atom. The van der Waals surface area contributed by atoms with E-state index in [4.69, 9.17) is 24.8 Å². The Labute approximate surface area is 144 Å². The van der Waals surface area contributed by atoms with Gasteiger partial charge in [-0.3, -0.25) is 0 Å². The SMILES string of the molecule is S=C([S-])n1ccc2cc(Br)ccc21.[K+]. The van der Waals surface area contributed by atoms with Gasteiger partial charge in [-0.2, -0.15) is 0 Å². The van der Waals surface area contributed by atoms with E-state index in [9.17, 15) is 0 Å². The first-order valence-electron chi connectivity index (χ1n) is 3.66. The van der Waals surface area contributed by atoms with E-state index >= 15 is 0 Å². The van der Waals surface area contributed by atoms with Crippen LogP contribution in [0.3, 0.4) is 0 Å². The van der Waals surface area contributed by atoms with Gasteiger partial charge in [0, 0.05) is 16.1 Å². The van der Waals surface area contributed by atoms with Gasteiger partial charge in [0.25, 0.3) is 0 Å². The van der Waals surface area contributed by atoms with E-state index in [-0.39, 0.29) is 51.4 Å². The second-order valence-corrected chi connectivity index (χ2v) is 4.60. The van der Waals surface area contributed by atoms with Gasteiger partial charge < -0.3 is 29.4 Å². The van der Waals surface area contributed by atoms with Crippen LogP contribution in [0, 0.1) is 0 Å². The molecule has 66 valence electrons. The first-order valence-corrected chi connectivity index (χ1v) is 5.27. The van der Waals surface area contributed by atoms with Gasteiger partial charge in [-0.05, 0) is 24.3 Å². The summed E-state index contributed by atoms with van der Waals surface area (Å²) < 4.78 is 3.34. The second kappa shape index (κ2) is 5.50. The molecule has 0 saturated carbocycles. The topological polar surface area (TPSA) is 4.93 Å². The predicted molar refractivity (Wildman–Crippen MR) is 65.0 cm³/mol. The Morgan fingerprint density at radius 1 is 1.36 bits per heavy atom. The number of hydrogen-bond acceptors (Lipinski definition) is 2. The van der Waals surface area contributed by atoms with Crippen LogP contribution in [0.4, 0.5) is 0 Å². The molecule has 0 radical (unpaired) electrons. The summed E-state index contributed by atoms with van der Waals surface area (Å²) in [6.07, 6.45) is 1.90. The van der Waals surface area contributed by atoms with Crippen molar-refractivity contribution in [3.05, 3.63) is 34.9 Å². The first kappa shape index (κ1) is 13.3. The minimum atomic E-state index is 0. The number of thiocarbonyl (C=S) groups is 1. The van der Waals surface area contributed by atoms with Crippen LogP contribution in [0.2, 0.25) is 0 Å². The molecular weight excluding hydrogens is 305 g/mol. The molecule has 0 bridgehead atoms. The fourth-order valence-electron chi connectivity index (χ4n) is 1.27. The third kappa shape index (κ3) is 2.65. The molecule has 2 aromatic rings. The van der Waals surface area contributed by atoms with Crippen LogP contribution in [0.1, 0.15) is 0 Å². The van der Waals surface area contributed by atoms with E-state index in [1.165, 1.54) is 0 Å². The number of halogens is 1. The zero-order chi connectivity index (χ0) is 9.42. The van der Waals surface area contributed by atoms with Crippen molar-refractivity contribution in [3.8, 4) is 0 Å². The second-order valence-electron chi connectivity index (χ2n) is 2.65. The summed E-state index contributed by atoms with van der Waals surface area (Å²) in [6, 6.07) is 8.02. The summed E-state index contributed by atoms with van der Waals surface area (Å²) in [6.45, 7) is 0. The van der Waals surface area contributed by atoms with Crippen molar-refractivity contribution in [3.63, 3.8) is 0 Å². The van der Waals surface area contributed by atoms with Crippen molar-refractivity contribution >= 4 is 56.0 Å². The molecule has 0 N–H and O–H groups in total. The quantitative estimate of drug-likeness (QED) is 0.386. The van der Waals surface area contributed by atoms with Crippen LogP contribution >= 0.6 is 28.1 Å². The van der Waals surface area contributed by atoms with Gasteiger partial charge in [0.15, 0.2) is 0 Å². The Kier molecular flexibility index (Phi) is 5.20. The average molecular weight is 310 g/mol. The molecule has 0 fully saturated rings. The van der Waals surface area contributed by atoms with E-state index in [0.29, 0.717) is 4.32 Å². The smallest absolute Gasteiger partial charge is 0.411 e. The monoisotopic (exact) mass is 309 g/mol. The number of benzene rings is 1. The van der Waals surface area contributed by atoms with Gasteiger partial charge in [0.1, 0.15) is 0 Å². The van der Waals surface area contributed by atoms with E-state index in [0.717, 1.165) is 15.4 Å². The molecule has 1 aromatic carbocycles. The minimum Gasteiger partial charge on any atom is -0.411 e. The van der Waals surface area contributed by atoms with E-state index in [1.54, 1.807) is 0 Å². The number of hydrogen-bond donors (Lipinski definition) is 0. The van der Waals surface area contributed by atoms with Crippen LogP contribution in [-0.4, -0.2) is 8.89 Å². The molecule has 0 aliphatic heterocycles. The number of nitrogens with zero attached hydrogens (tertiary/aromatic N) is 1. The maximum absolute atomic E-state index is 4.94. The summed E-state index contributed by atoms with van der Waals surface area (Å²) in [4.78, 5) is 0. The van der Waals surface area contributed by atoms with Crippen LogP contribution in [0.15, 0.2) is 34.9 Å². The van der Waals surface area contributed by atoms with Gasteiger partial charge in [-0.25, -0.2) is 0 Å². The molecule has 0 amide bonds. The summed E-state index contributed by atoms with van der Waals surface area (Å²) in [5.41, 5.74) is 1.06. The Morgan fingerprint density at radius 3 is 2.71 bits per heavy atom. The van der Waals surface area contributed by atoms with E-state index in [2.05, 4.69) is 15.9 Å². The molecule has 0 aliphatic carbocycles. The minimum absolute atomic E-state index is 0. The molecule has 2 rings (SSSR count). The standard InChI is InChI=1S/C9H6BrNS2.K/c10-7-1-2-8-6(5-7)3-4-11(8)9(12)13;/h1-5H,(H,12,13);/q;+1/p-1. The van der Waals surface area contributed by atoms with Crippen LogP contribution < -0.4 is 51.4 Å². The summed E-state index contributed by atoms with van der Waals surface area (Å²) in [7, 11) is 0. The van der Waals surface area contributed by atoms with Crippen LogP contribution in [0.5, 0.6) is 0 Å². The maximum atomic E-state index is 4.94. The Hall–Kier alpha value is 1.19. The average Bonchev–Trinajstić information content (AvgIpc) is 2.46. The molecule has 14 heavy (non-hydrogen) atoms. The predicted octanol–water partition coefficient (Wildman–Crippen LogP) is 0.0877. The van der Waals surface area contributed by atoms with Crippen LogP contribution in [0.25, 0.3) is 10.9 Å². The molecule has 5 heteroatoms. The molecule has 1 heterocycles. The maximum Gasteiger partial charge on any atom is 1.00 e. The van der Waals surface area contributed by atoms with Gasteiger partial charge in [0.05, 0.1) is 5.52 Å². The van der Waals surface area contributed by atoms with Crippen LogP contribution in [-0.2, 0) is 12.6 Å². The molecule has 1 nitrogen and oxygen atoms in total. The third-order valence-electron chi connectivity index (χ3n) is 1.85. The molecule has 0 unspecified atom stereocenters. The van der Waals surface area contributed by atoms with Crippen molar-refractivity contribution in [2.75, 3.05) is 0 Å². The summed E-state index contributed by atoms with van der Waals surface area (Å²) >= 11 is 13.3. The zero-order valence-corrected chi connectivity index (χ0v) is 13.9. The van der Waals surface area contributed by atoms with Gasteiger partial charge in [-0.1, -0.05) is 20.3 Å².